The standard InChI is InChI=1S/C12H26Cl2O3Si/c1-8(13)10(14)11(16)9(15)7-17-18(5,6)12(2,3)4/h8-11,15-16H,7H2,1-6H3/t8-,9-,10+,11+/m1/s1. The Balaban J connectivity index is 4.39. The summed E-state index contributed by atoms with van der Waals surface area (Å²) in [4.78, 5) is 0. The van der Waals surface area contributed by atoms with Crippen LogP contribution in [-0.4, -0.2) is 48.1 Å². The van der Waals surface area contributed by atoms with Gasteiger partial charge in [0.05, 0.1) is 18.1 Å². The highest BCUT2D eigenvalue weighted by Crippen LogP contribution is 2.36. The van der Waals surface area contributed by atoms with Gasteiger partial charge in [0.2, 0.25) is 0 Å². The molecule has 110 valence electrons. The van der Waals surface area contributed by atoms with E-state index in [-0.39, 0.29) is 11.6 Å². The minimum atomic E-state index is -1.92. The average molecular weight is 317 g/mol. The molecule has 4 atom stereocenters. The fraction of sp³-hybridized carbons (Fsp3) is 1.00. The van der Waals surface area contributed by atoms with Gasteiger partial charge in [0, 0.05) is 5.38 Å². The molecule has 0 aliphatic heterocycles. The summed E-state index contributed by atoms with van der Waals surface area (Å²) < 4.78 is 5.83. The molecule has 0 spiro atoms. The molecule has 0 saturated heterocycles. The van der Waals surface area contributed by atoms with Crippen LogP contribution in [0.2, 0.25) is 18.1 Å². The summed E-state index contributed by atoms with van der Waals surface area (Å²) in [5, 5.41) is 18.7. The third kappa shape index (κ3) is 5.35. The van der Waals surface area contributed by atoms with Gasteiger partial charge in [0.15, 0.2) is 8.32 Å². The van der Waals surface area contributed by atoms with E-state index in [1.165, 1.54) is 0 Å². The van der Waals surface area contributed by atoms with Crippen molar-refractivity contribution in [3.05, 3.63) is 0 Å². The number of hydrogen-bond acceptors (Lipinski definition) is 3. The van der Waals surface area contributed by atoms with E-state index in [2.05, 4.69) is 33.9 Å². The van der Waals surface area contributed by atoms with E-state index in [1.807, 2.05) is 0 Å². The van der Waals surface area contributed by atoms with Gasteiger partial charge in [-0.3, -0.25) is 0 Å². The summed E-state index contributed by atoms with van der Waals surface area (Å²) in [7, 11) is -1.92. The molecule has 0 unspecified atom stereocenters. The molecule has 0 aromatic rings. The van der Waals surface area contributed by atoms with Gasteiger partial charge >= 0.3 is 0 Å². The maximum atomic E-state index is 9.87. The Bertz CT molecular complexity index is 254. The van der Waals surface area contributed by atoms with Crippen molar-refractivity contribution >= 4 is 31.5 Å². The number of aliphatic hydroxyl groups is 2. The molecule has 3 nitrogen and oxygen atoms in total. The van der Waals surface area contributed by atoms with Crippen molar-refractivity contribution in [2.24, 2.45) is 0 Å². The molecule has 0 saturated carbocycles. The van der Waals surface area contributed by atoms with Gasteiger partial charge in [0.25, 0.3) is 0 Å². The number of alkyl halides is 2. The van der Waals surface area contributed by atoms with Crippen LogP contribution in [0.1, 0.15) is 27.7 Å². The zero-order valence-electron chi connectivity index (χ0n) is 12.1. The van der Waals surface area contributed by atoms with E-state index in [9.17, 15) is 10.2 Å². The Kier molecular flexibility index (Phi) is 7.17. The predicted molar refractivity (Wildman–Crippen MR) is 80.1 cm³/mol. The smallest absolute Gasteiger partial charge is 0.192 e. The zero-order chi connectivity index (χ0) is 14.7. The van der Waals surface area contributed by atoms with Crippen LogP contribution >= 0.6 is 23.2 Å². The number of halogens is 2. The van der Waals surface area contributed by atoms with Gasteiger partial charge < -0.3 is 14.6 Å². The van der Waals surface area contributed by atoms with Crippen LogP contribution in [0.4, 0.5) is 0 Å². The van der Waals surface area contributed by atoms with Crippen molar-refractivity contribution in [3.8, 4) is 0 Å². The maximum absolute atomic E-state index is 9.87. The van der Waals surface area contributed by atoms with Crippen LogP contribution in [0.5, 0.6) is 0 Å². The Labute approximate surface area is 122 Å². The Hall–Kier alpha value is 0.677. The van der Waals surface area contributed by atoms with Crippen molar-refractivity contribution in [2.45, 2.75) is 68.8 Å². The maximum Gasteiger partial charge on any atom is 0.192 e. The summed E-state index contributed by atoms with van der Waals surface area (Å²) in [6, 6.07) is 0. The summed E-state index contributed by atoms with van der Waals surface area (Å²) in [6.45, 7) is 12.3. The van der Waals surface area contributed by atoms with Crippen molar-refractivity contribution in [3.63, 3.8) is 0 Å². The fourth-order valence-corrected chi connectivity index (χ4v) is 2.43. The second-order valence-corrected chi connectivity index (χ2v) is 12.3. The van der Waals surface area contributed by atoms with Crippen LogP contribution in [-0.2, 0) is 4.43 Å². The van der Waals surface area contributed by atoms with E-state index in [0.717, 1.165) is 0 Å². The van der Waals surface area contributed by atoms with Crippen LogP contribution in [0.3, 0.4) is 0 Å². The van der Waals surface area contributed by atoms with Gasteiger partial charge in [-0.05, 0) is 25.1 Å². The molecule has 0 amide bonds. The first-order chi connectivity index (χ1) is 7.90. The molecule has 0 heterocycles. The monoisotopic (exact) mass is 316 g/mol. The first kappa shape index (κ1) is 18.7. The van der Waals surface area contributed by atoms with Crippen molar-refractivity contribution in [1.29, 1.82) is 0 Å². The molecular weight excluding hydrogens is 291 g/mol. The summed E-state index contributed by atoms with van der Waals surface area (Å²) in [6.07, 6.45) is -2.09. The van der Waals surface area contributed by atoms with Crippen molar-refractivity contribution in [2.75, 3.05) is 6.61 Å². The lowest BCUT2D eigenvalue weighted by molar-refractivity contribution is -0.0122. The van der Waals surface area contributed by atoms with Crippen LogP contribution < -0.4 is 0 Å². The molecule has 0 radical (unpaired) electrons. The first-order valence-electron chi connectivity index (χ1n) is 6.18. The molecule has 0 fully saturated rings. The van der Waals surface area contributed by atoms with Crippen molar-refractivity contribution < 1.29 is 14.6 Å². The number of aliphatic hydroxyl groups excluding tert-OH is 2. The van der Waals surface area contributed by atoms with Gasteiger partial charge in [-0.25, -0.2) is 0 Å². The highest BCUT2D eigenvalue weighted by molar-refractivity contribution is 6.74. The molecular formula is C12H26Cl2O3Si. The third-order valence-corrected chi connectivity index (χ3v) is 9.12. The average Bonchev–Trinajstić information content (AvgIpc) is 2.22. The van der Waals surface area contributed by atoms with Gasteiger partial charge in [-0.15, -0.1) is 23.2 Å². The molecule has 18 heavy (non-hydrogen) atoms. The van der Waals surface area contributed by atoms with E-state index in [4.69, 9.17) is 27.6 Å². The topological polar surface area (TPSA) is 49.7 Å². The first-order valence-corrected chi connectivity index (χ1v) is 9.96. The van der Waals surface area contributed by atoms with Crippen LogP contribution in [0.25, 0.3) is 0 Å². The normalized spacial score (nSPS) is 20.3. The molecule has 0 rings (SSSR count). The molecule has 0 bridgehead atoms. The number of hydrogen-bond donors (Lipinski definition) is 2. The Morgan fingerprint density at radius 2 is 1.61 bits per heavy atom. The summed E-state index contributed by atoms with van der Waals surface area (Å²) in [5.74, 6) is 0. The second kappa shape index (κ2) is 6.91. The van der Waals surface area contributed by atoms with E-state index in [0.29, 0.717) is 0 Å². The lowest BCUT2D eigenvalue weighted by atomic mass is 10.1. The van der Waals surface area contributed by atoms with E-state index < -0.39 is 31.3 Å². The van der Waals surface area contributed by atoms with Gasteiger partial charge in [0.1, 0.15) is 6.10 Å². The minimum Gasteiger partial charge on any atom is -0.414 e. The molecule has 0 aliphatic rings. The summed E-state index contributed by atoms with van der Waals surface area (Å²) in [5.41, 5.74) is 0. The highest BCUT2D eigenvalue weighted by Gasteiger charge is 2.38. The SMILES string of the molecule is C[C@@H](Cl)[C@H](Cl)[C@@H](O)[C@H](O)CO[Si](C)(C)C(C)(C)C. The third-order valence-electron chi connectivity index (χ3n) is 3.58. The highest BCUT2D eigenvalue weighted by atomic mass is 35.5. The molecule has 0 aromatic carbocycles. The van der Waals surface area contributed by atoms with E-state index >= 15 is 0 Å². The molecule has 6 heteroatoms. The van der Waals surface area contributed by atoms with Gasteiger partial charge in [-0.2, -0.15) is 0 Å². The van der Waals surface area contributed by atoms with Gasteiger partial charge in [-0.1, -0.05) is 20.8 Å². The van der Waals surface area contributed by atoms with Crippen LogP contribution in [0, 0.1) is 0 Å². The minimum absolute atomic E-state index is 0.0673. The fourth-order valence-electron chi connectivity index (χ4n) is 1.09. The van der Waals surface area contributed by atoms with Crippen molar-refractivity contribution in [1.82, 2.24) is 0 Å². The quantitative estimate of drug-likeness (QED) is 0.585. The zero-order valence-corrected chi connectivity index (χ0v) is 14.6. The number of rotatable bonds is 6. The second-order valence-electron chi connectivity index (χ2n) is 6.25. The molecule has 0 aliphatic carbocycles. The largest absolute Gasteiger partial charge is 0.414 e. The molecule has 2 N–H and O–H groups in total. The molecule has 0 aromatic heterocycles. The predicted octanol–water partition coefficient (Wildman–Crippen LogP) is 2.96. The lowest BCUT2D eigenvalue weighted by Crippen LogP contribution is -2.46. The summed E-state index contributed by atoms with van der Waals surface area (Å²) >= 11 is 11.7. The Morgan fingerprint density at radius 3 is 1.94 bits per heavy atom. The lowest BCUT2D eigenvalue weighted by Gasteiger charge is -2.37. The van der Waals surface area contributed by atoms with Crippen LogP contribution in [0.15, 0.2) is 0 Å². The van der Waals surface area contributed by atoms with E-state index in [1.54, 1.807) is 6.92 Å². The Morgan fingerprint density at radius 1 is 1.17 bits per heavy atom.